The molecule has 0 aliphatic carbocycles. The number of anilines is 1. The van der Waals surface area contributed by atoms with Crippen LogP contribution in [0.1, 0.15) is 17.3 Å². The molecule has 0 aliphatic heterocycles. The summed E-state index contributed by atoms with van der Waals surface area (Å²) in [6, 6.07) is 8.40. The van der Waals surface area contributed by atoms with Crippen LogP contribution in [0.2, 0.25) is 5.02 Å². The van der Waals surface area contributed by atoms with E-state index in [2.05, 4.69) is 10.3 Å². The van der Waals surface area contributed by atoms with Crippen LogP contribution >= 0.6 is 11.6 Å². The predicted molar refractivity (Wildman–Crippen MR) is 92.6 cm³/mol. The number of hydrogen-bond donors (Lipinski definition) is 1. The van der Waals surface area contributed by atoms with Gasteiger partial charge < -0.3 is 15.0 Å². The second-order valence-corrected chi connectivity index (χ2v) is 5.42. The SMILES string of the molecule is COc1ccc(Cl)cc1N(CCNC(=O)c1cccnc1)C(C)=O. The lowest BCUT2D eigenvalue weighted by molar-refractivity contribution is -0.116. The smallest absolute Gasteiger partial charge is 0.252 e. The van der Waals surface area contributed by atoms with Crippen LogP contribution in [0.5, 0.6) is 5.75 Å². The average Bonchev–Trinajstić information content (AvgIpc) is 2.59. The quantitative estimate of drug-likeness (QED) is 0.871. The molecule has 2 rings (SSSR count). The number of carbonyl (C=O) groups is 2. The molecule has 0 fully saturated rings. The van der Waals surface area contributed by atoms with E-state index in [0.29, 0.717) is 22.0 Å². The highest BCUT2D eigenvalue weighted by Crippen LogP contribution is 2.31. The van der Waals surface area contributed by atoms with Crippen LogP contribution in [0, 0.1) is 0 Å². The number of carbonyl (C=O) groups excluding carboxylic acids is 2. The van der Waals surface area contributed by atoms with Crippen molar-refractivity contribution in [3.05, 3.63) is 53.3 Å². The fraction of sp³-hybridized carbons (Fsp3) is 0.235. The highest BCUT2D eigenvalue weighted by atomic mass is 35.5. The number of benzene rings is 1. The summed E-state index contributed by atoms with van der Waals surface area (Å²) >= 11 is 6.02. The van der Waals surface area contributed by atoms with Gasteiger partial charge in [0.15, 0.2) is 0 Å². The van der Waals surface area contributed by atoms with Gasteiger partial charge in [0.05, 0.1) is 18.4 Å². The van der Waals surface area contributed by atoms with Gasteiger partial charge in [-0.25, -0.2) is 0 Å². The maximum Gasteiger partial charge on any atom is 0.252 e. The molecule has 7 heteroatoms. The van der Waals surface area contributed by atoms with Crippen molar-refractivity contribution in [3.63, 3.8) is 0 Å². The van der Waals surface area contributed by atoms with Gasteiger partial charge in [-0.15, -0.1) is 0 Å². The Labute approximate surface area is 145 Å². The van der Waals surface area contributed by atoms with Gasteiger partial charge in [0.2, 0.25) is 5.91 Å². The van der Waals surface area contributed by atoms with Crippen molar-refractivity contribution in [1.29, 1.82) is 0 Å². The molecule has 0 atom stereocenters. The molecule has 1 heterocycles. The summed E-state index contributed by atoms with van der Waals surface area (Å²) in [5.74, 6) is 0.115. The predicted octanol–water partition coefficient (Wildman–Crippen LogP) is 2.53. The van der Waals surface area contributed by atoms with E-state index in [0.717, 1.165) is 0 Å². The van der Waals surface area contributed by atoms with Gasteiger partial charge in [0.1, 0.15) is 5.75 Å². The minimum absolute atomic E-state index is 0.175. The number of aromatic nitrogens is 1. The third-order valence-electron chi connectivity index (χ3n) is 3.36. The standard InChI is InChI=1S/C17H18ClN3O3/c1-12(22)21(15-10-14(18)5-6-16(15)24-2)9-8-20-17(23)13-4-3-7-19-11-13/h3-7,10-11H,8-9H2,1-2H3,(H,20,23). The van der Waals surface area contributed by atoms with E-state index in [-0.39, 0.29) is 24.9 Å². The highest BCUT2D eigenvalue weighted by Gasteiger charge is 2.17. The summed E-state index contributed by atoms with van der Waals surface area (Å²) < 4.78 is 5.28. The lowest BCUT2D eigenvalue weighted by Gasteiger charge is -2.23. The first-order chi connectivity index (χ1) is 11.5. The third kappa shape index (κ3) is 4.45. The molecule has 2 aromatic rings. The van der Waals surface area contributed by atoms with Crippen molar-refractivity contribution < 1.29 is 14.3 Å². The molecule has 0 saturated carbocycles. The van der Waals surface area contributed by atoms with Crippen molar-refractivity contribution >= 4 is 29.1 Å². The Balaban J connectivity index is 2.06. The van der Waals surface area contributed by atoms with Crippen molar-refractivity contribution in [2.24, 2.45) is 0 Å². The monoisotopic (exact) mass is 347 g/mol. The number of ether oxygens (including phenoxy) is 1. The van der Waals surface area contributed by atoms with E-state index in [1.165, 1.54) is 25.1 Å². The zero-order valence-corrected chi connectivity index (χ0v) is 14.2. The van der Waals surface area contributed by atoms with Crippen LogP contribution in [0.25, 0.3) is 0 Å². The maximum atomic E-state index is 12.0. The van der Waals surface area contributed by atoms with Gasteiger partial charge in [-0.2, -0.15) is 0 Å². The molecule has 0 radical (unpaired) electrons. The molecule has 6 nitrogen and oxygen atoms in total. The zero-order valence-electron chi connectivity index (χ0n) is 13.5. The second-order valence-electron chi connectivity index (χ2n) is 4.98. The minimum Gasteiger partial charge on any atom is -0.495 e. The summed E-state index contributed by atoms with van der Waals surface area (Å²) in [4.78, 5) is 29.4. The minimum atomic E-state index is -0.246. The zero-order chi connectivity index (χ0) is 17.5. The van der Waals surface area contributed by atoms with E-state index in [1.54, 1.807) is 36.5 Å². The number of halogens is 1. The Hall–Kier alpha value is -2.60. The molecular weight excluding hydrogens is 330 g/mol. The van der Waals surface area contributed by atoms with Crippen LogP contribution in [0.4, 0.5) is 5.69 Å². The van der Waals surface area contributed by atoms with Crippen molar-refractivity contribution in [1.82, 2.24) is 10.3 Å². The van der Waals surface area contributed by atoms with E-state index < -0.39 is 0 Å². The first-order valence-electron chi connectivity index (χ1n) is 7.33. The summed E-state index contributed by atoms with van der Waals surface area (Å²) in [6.45, 7) is 2.02. The summed E-state index contributed by atoms with van der Waals surface area (Å²) in [5, 5.41) is 3.26. The van der Waals surface area contributed by atoms with Gasteiger partial charge in [-0.3, -0.25) is 14.6 Å². The van der Waals surface area contributed by atoms with Crippen molar-refractivity contribution in [3.8, 4) is 5.75 Å². The Morgan fingerprint density at radius 3 is 2.75 bits per heavy atom. The number of nitrogens with zero attached hydrogens (tertiary/aromatic N) is 2. The van der Waals surface area contributed by atoms with Crippen LogP contribution in [0.15, 0.2) is 42.7 Å². The molecule has 0 bridgehead atoms. The topological polar surface area (TPSA) is 71.5 Å². The van der Waals surface area contributed by atoms with Crippen LogP contribution in [-0.4, -0.2) is 37.0 Å². The Morgan fingerprint density at radius 1 is 1.33 bits per heavy atom. The van der Waals surface area contributed by atoms with Gasteiger partial charge in [-0.1, -0.05) is 11.6 Å². The van der Waals surface area contributed by atoms with Crippen molar-refractivity contribution in [2.45, 2.75) is 6.92 Å². The number of hydrogen-bond acceptors (Lipinski definition) is 4. The summed E-state index contributed by atoms with van der Waals surface area (Å²) in [6.07, 6.45) is 3.08. The first kappa shape index (κ1) is 17.7. The Bertz CT molecular complexity index is 722. The van der Waals surface area contributed by atoms with Crippen molar-refractivity contribution in [2.75, 3.05) is 25.1 Å². The fourth-order valence-electron chi connectivity index (χ4n) is 2.20. The number of rotatable bonds is 6. The molecule has 1 N–H and O–H groups in total. The third-order valence-corrected chi connectivity index (χ3v) is 3.59. The molecule has 0 spiro atoms. The van der Waals surface area contributed by atoms with Gasteiger partial charge in [0.25, 0.3) is 5.91 Å². The van der Waals surface area contributed by atoms with E-state index in [9.17, 15) is 9.59 Å². The second kappa shape index (κ2) is 8.31. The van der Waals surface area contributed by atoms with Gasteiger partial charge in [-0.05, 0) is 30.3 Å². The summed E-state index contributed by atoms with van der Waals surface area (Å²) in [5.41, 5.74) is 1.03. The highest BCUT2D eigenvalue weighted by molar-refractivity contribution is 6.31. The molecule has 1 aromatic heterocycles. The molecule has 126 valence electrons. The Kier molecular flexibility index (Phi) is 6.14. The van der Waals surface area contributed by atoms with E-state index in [1.807, 2.05) is 0 Å². The fourth-order valence-corrected chi connectivity index (χ4v) is 2.37. The van der Waals surface area contributed by atoms with E-state index >= 15 is 0 Å². The lowest BCUT2D eigenvalue weighted by atomic mass is 10.2. The number of nitrogens with one attached hydrogen (secondary N) is 1. The number of amides is 2. The lowest BCUT2D eigenvalue weighted by Crippen LogP contribution is -2.37. The molecule has 2 amide bonds. The Morgan fingerprint density at radius 2 is 2.12 bits per heavy atom. The molecule has 1 aromatic carbocycles. The molecular formula is C17H18ClN3O3. The van der Waals surface area contributed by atoms with Crippen LogP contribution in [0.3, 0.4) is 0 Å². The summed E-state index contributed by atoms with van der Waals surface area (Å²) in [7, 11) is 1.52. The number of methoxy groups -OCH3 is 1. The van der Waals surface area contributed by atoms with Crippen LogP contribution in [-0.2, 0) is 4.79 Å². The van der Waals surface area contributed by atoms with Gasteiger partial charge in [0, 0.05) is 37.4 Å². The molecule has 24 heavy (non-hydrogen) atoms. The molecule has 0 unspecified atom stereocenters. The molecule has 0 aliphatic rings. The van der Waals surface area contributed by atoms with Gasteiger partial charge >= 0.3 is 0 Å². The normalized spacial score (nSPS) is 10.1. The van der Waals surface area contributed by atoms with Crippen LogP contribution < -0.4 is 15.0 Å². The largest absolute Gasteiger partial charge is 0.495 e. The molecule has 0 saturated heterocycles. The number of pyridine rings is 1. The average molecular weight is 348 g/mol. The van der Waals surface area contributed by atoms with E-state index in [4.69, 9.17) is 16.3 Å². The maximum absolute atomic E-state index is 12.0. The first-order valence-corrected chi connectivity index (χ1v) is 7.70.